The molecule has 0 spiro atoms. The van der Waals surface area contributed by atoms with Gasteiger partial charge < -0.3 is 25.9 Å². The molecule has 2 fully saturated rings. The molecule has 0 radical (unpaired) electrons. The molecule has 0 bridgehead atoms. The third kappa shape index (κ3) is 5.93. The van der Waals surface area contributed by atoms with Gasteiger partial charge in [0.15, 0.2) is 10.8 Å². The molecule has 2 aliphatic rings. The lowest BCUT2D eigenvalue weighted by Gasteiger charge is -2.44. The molecule has 0 unspecified atom stereocenters. The first kappa shape index (κ1) is 25.7. The van der Waals surface area contributed by atoms with Crippen molar-refractivity contribution in [3.05, 3.63) is 11.1 Å². The number of nitrogens with one attached hydrogen (secondary N) is 1. The number of anilines is 1. The topological polar surface area (TPSA) is 222 Å². The number of thioether (sulfide) groups is 1. The Morgan fingerprint density at radius 2 is 2.03 bits per heavy atom. The van der Waals surface area contributed by atoms with Gasteiger partial charge in [-0.25, -0.2) is 14.1 Å². The number of carboxylic acid groups (broad SMARTS) is 1. The highest BCUT2D eigenvalue weighted by Crippen LogP contribution is 2.28. The quantitative estimate of drug-likeness (QED) is 0.129. The zero-order chi connectivity index (χ0) is 25.0. The molecule has 34 heavy (non-hydrogen) atoms. The smallest absolute Gasteiger partial charge is 0.362 e. The van der Waals surface area contributed by atoms with E-state index in [4.69, 9.17) is 10.8 Å². The number of likely N-dealkylation sites (tertiary alicyclic amines) is 1. The van der Waals surface area contributed by atoms with Crippen molar-refractivity contribution in [3.8, 4) is 0 Å². The molecule has 1 aromatic heterocycles. The van der Waals surface area contributed by atoms with E-state index in [-0.39, 0.29) is 26.1 Å². The minimum atomic E-state index is -4.95. The Morgan fingerprint density at radius 3 is 2.59 bits per heavy atom. The number of carbonyl (C=O) groups excluding carboxylic acids is 3. The number of nitrogens with zero attached hydrogens (tertiary/aromatic N) is 4. The van der Waals surface area contributed by atoms with Gasteiger partial charge in [-0.3, -0.25) is 18.9 Å². The monoisotopic (exact) mass is 536 g/mol. The van der Waals surface area contributed by atoms with E-state index in [9.17, 15) is 32.1 Å². The van der Waals surface area contributed by atoms with Gasteiger partial charge in [0, 0.05) is 24.2 Å². The van der Waals surface area contributed by atoms with Crippen molar-refractivity contribution in [2.75, 3.05) is 31.2 Å². The number of rotatable bonds is 9. The Labute approximate surface area is 201 Å². The molecule has 5 N–H and O–H groups in total. The molecule has 18 heteroatoms. The summed E-state index contributed by atoms with van der Waals surface area (Å²) in [5.41, 5.74) is 4.98. The summed E-state index contributed by atoms with van der Waals surface area (Å²) < 4.78 is 32.9. The lowest BCUT2D eigenvalue weighted by molar-refractivity contribution is -0.143. The van der Waals surface area contributed by atoms with Gasteiger partial charge in [-0.2, -0.15) is 8.42 Å². The number of amides is 3. The Hall–Kier alpha value is -2.96. The third-order valence-corrected chi connectivity index (χ3v) is 7.40. The summed E-state index contributed by atoms with van der Waals surface area (Å²) >= 11 is 1.71. The first-order chi connectivity index (χ1) is 16.0. The number of aliphatic carboxylic acids is 1. The van der Waals surface area contributed by atoms with Crippen LogP contribution in [-0.2, 0) is 29.5 Å². The second-order valence-corrected chi connectivity index (χ2v) is 10.2. The summed E-state index contributed by atoms with van der Waals surface area (Å²) in [6.07, 6.45) is 1.69. The van der Waals surface area contributed by atoms with Crippen molar-refractivity contribution in [1.82, 2.24) is 19.5 Å². The Bertz CT molecular complexity index is 1120. The Morgan fingerprint density at radius 1 is 1.35 bits per heavy atom. The van der Waals surface area contributed by atoms with Crippen LogP contribution >= 0.6 is 23.1 Å². The summed E-state index contributed by atoms with van der Waals surface area (Å²) in [6.45, 7) is 0.252. The van der Waals surface area contributed by atoms with Crippen molar-refractivity contribution in [2.45, 2.75) is 24.9 Å². The first-order valence-electron chi connectivity index (χ1n) is 9.65. The van der Waals surface area contributed by atoms with Crippen LogP contribution < -0.4 is 11.1 Å². The molecule has 1 aromatic rings. The normalized spacial score (nSPS) is 20.7. The molecule has 3 heterocycles. The van der Waals surface area contributed by atoms with Crippen molar-refractivity contribution >= 4 is 67.3 Å². The number of thiazole rings is 1. The molecule has 0 aliphatic carbocycles. The number of aromatic nitrogens is 1. The van der Waals surface area contributed by atoms with Crippen LogP contribution in [0.4, 0.5) is 9.93 Å². The third-order valence-electron chi connectivity index (χ3n) is 4.77. The maximum atomic E-state index is 12.8. The minimum absolute atomic E-state index is 0.0701. The van der Waals surface area contributed by atoms with Gasteiger partial charge in [-0.1, -0.05) is 16.9 Å². The van der Waals surface area contributed by atoms with E-state index in [1.807, 2.05) is 0 Å². The van der Waals surface area contributed by atoms with Crippen molar-refractivity contribution in [3.63, 3.8) is 0 Å². The number of nitrogen functional groups attached to an aromatic ring is 1. The second-order valence-electron chi connectivity index (χ2n) is 7.08. The summed E-state index contributed by atoms with van der Waals surface area (Å²) in [7, 11) is -4.95. The summed E-state index contributed by atoms with van der Waals surface area (Å²) in [5.74, 6) is -3.75. The van der Waals surface area contributed by atoms with Crippen LogP contribution in [0, 0.1) is 0 Å². The zero-order valence-electron chi connectivity index (χ0n) is 17.3. The zero-order valence-corrected chi connectivity index (χ0v) is 19.8. The van der Waals surface area contributed by atoms with Gasteiger partial charge in [0.25, 0.3) is 17.1 Å². The van der Waals surface area contributed by atoms with Crippen molar-refractivity contribution < 1.29 is 42.1 Å². The number of β-lactam (4-membered cyclic amide) rings is 1. The standard InChI is InChI=1S/C16H20N6O9S3/c17-15-18-8(6-32-15)11(20-31-5-10(23)24)13(25)19-12-9(22(14(12)26)34(28,29)30)7-33-16(27)21-3-1-2-4-21/h6,9,12H,1-5,7H2,(H2,17,18)(H,19,25)(H,23,24)(H,28,29,30)/b20-11-/t9-,12+/m1/s1. The van der Waals surface area contributed by atoms with E-state index < -0.39 is 52.5 Å². The maximum Gasteiger partial charge on any atom is 0.362 e. The van der Waals surface area contributed by atoms with E-state index in [0.29, 0.717) is 13.1 Å². The first-order valence-corrected chi connectivity index (χ1v) is 12.9. The molecule has 0 aromatic carbocycles. The molecule has 2 saturated heterocycles. The largest absolute Gasteiger partial charge is 0.479 e. The van der Waals surface area contributed by atoms with Gasteiger partial charge >= 0.3 is 16.3 Å². The fraction of sp³-hybridized carbons (Fsp3) is 0.500. The molecular formula is C16H20N6O9S3. The van der Waals surface area contributed by atoms with Crippen LogP contribution in [0.1, 0.15) is 18.5 Å². The van der Waals surface area contributed by atoms with Crippen LogP contribution in [0.2, 0.25) is 0 Å². The molecule has 0 saturated carbocycles. The molecule has 2 atom stereocenters. The lowest BCUT2D eigenvalue weighted by atomic mass is 10.0. The van der Waals surface area contributed by atoms with Gasteiger partial charge in [0.2, 0.25) is 6.61 Å². The average Bonchev–Trinajstić information content (AvgIpc) is 3.42. The molecule has 186 valence electrons. The fourth-order valence-corrected chi connectivity index (χ4v) is 5.78. The van der Waals surface area contributed by atoms with Crippen LogP contribution in [0.5, 0.6) is 0 Å². The SMILES string of the molecule is Nc1nc(/C(=N/OCC(=O)O)C(=O)N[C@@H]2C(=O)N(S(=O)(=O)O)[C@@H]2CSC(=O)N2CCCC2)cs1. The van der Waals surface area contributed by atoms with Gasteiger partial charge in [-0.15, -0.1) is 11.3 Å². The number of hydrogen-bond acceptors (Lipinski definition) is 12. The predicted octanol–water partition coefficient (Wildman–Crippen LogP) is -1.02. The second kappa shape index (κ2) is 10.5. The van der Waals surface area contributed by atoms with Crippen LogP contribution in [0.3, 0.4) is 0 Å². The number of oxime groups is 1. The fourth-order valence-electron chi connectivity index (χ4n) is 3.24. The van der Waals surface area contributed by atoms with Crippen LogP contribution in [-0.4, -0.2) is 98.5 Å². The van der Waals surface area contributed by atoms with Crippen molar-refractivity contribution in [1.29, 1.82) is 0 Å². The van der Waals surface area contributed by atoms with E-state index in [1.54, 1.807) is 4.90 Å². The highest BCUT2D eigenvalue weighted by molar-refractivity contribution is 8.13. The van der Waals surface area contributed by atoms with Gasteiger partial charge in [0.1, 0.15) is 11.7 Å². The highest BCUT2D eigenvalue weighted by Gasteiger charge is 2.54. The summed E-state index contributed by atoms with van der Waals surface area (Å²) in [4.78, 5) is 58.3. The molecule has 2 aliphatic heterocycles. The molecule has 3 rings (SSSR count). The summed E-state index contributed by atoms with van der Waals surface area (Å²) in [5, 5.41) is 15.5. The molecule has 3 amide bonds. The number of carboxylic acids is 1. The lowest BCUT2D eigenvalue weighted by Crippen LogP contribution is -2.73. The Balaban J connectivity index is 1.76. The van der Waals surface area contributed by atoms with Crippen LogP contribution in [0.15, 0.2) is 10.5 Å². The average molecular weight is 537 g/mol. The number of carbonyl (C=O) groups is 4. The number of hydrogen-bond donors (Lipinski definition) is 4. The van der Waals surface area contributed by atoms with E-state index in [2.05, 4.69) is 20.3 Å². The minimum Gasteiger partial charge on any atom is -0.479 e. The predicted molar refractivity (Wildman–Crippen MR) is 119 cm³/mol. The van der Waals surface area contributed by atoms with E-state index in [0.717, 1.165) is 35.9 Å². The van der Waals surface area contributed by atoms with Gasteiger partial charge in [-0.05, 0) is 12.8 Å². The van der Waals surface area contributed by atoms with Gasteiger partial charge in [0.05, 0.1) is 6.04 Å². The van der Waals surface area contributed by atoms with E-state index in [1.165, 1.54) is 5.38 Å². The van der Waals surface area contributed by atoms with Crippen LogP contribution in [0.25, 0.3) is 0 Å². The summed E-state index contributed by atoms with van der Waals surface area (Å²) in [6, 6.07) is -2.68. The molecular weight excluding hydrogens is 516 g/mol. The maximum absolute atomic E-state index is 12.8. The van der Waals surface area contributed by atoms with E-state index >= 15 is 0 Å². The Kier molecular flexibility index (Phi) is 7.95. The van der Waals surface area contributed by atoms with Crippen molar-refractivity contribution in [2.24, 2.45) is 5.16 Å². The molecule has 15 nitrogen and oxygen atoms in total. The highest BCUT2D eigenvalue weighted by atomic mass is 32.2. The number of nitrogens with two attached hydrogens (primary N) is 1.